The van der Waals surface area contributed by atoms with Crippen LogP contribution in [0.5, 0.6) is 5.88 Å². The second-order valence-corrected chi connectivity index (χ2v) is 7.77. The van der Waals surface area contributed by atoms with Crippen LogP contribution in [0.1, 0.15) is 22.7 Å². The lowest BCUT2D eigenvalue weighted by molar-refractivity contribution is -0.142. The molecule has 4 rings (SSSR count). The van der Waals surface area contributed by atoms with E-state index in [4.69, 9.17) is 45.3 Å². The fourth-order valence-electron chi connectivity index (χ4n) is 3.41. The third kappa shape index (κ3) is 3.59. The van der Waals surface area contributed by atoms with Gasteiger partial charge in [-0.2, -0.15) is 28.2 Å². The highest BCUT2D eigenvalue weighted by Gasteiger charge is 2.47. The van der Waals surface area contributed by atoms with Gasteiger partial charge in [-0.1, -0.05) is 53.0 Å². The molecule has 3 aromatic rings. The van der Waals surface area contributed by atoms with E-state index in [1.807, 2.05) is 6.07 Å². The highest BCUT2D eigenvalue weighted by molar-refractivity contribution is 6.39. The average molecular weight is 486 g/mol. The number of ether oxygens (including phenoxy) is 1. The maximum Gasteiger partial charge on any atom is 0.435 e. The van der Waals surface area contributed by atoms with Crippen molar-refractivity contribution in [3.05, 3.63) is 85.8 Å². The molecule has 158 valence electrons. The monoisotopic (exact) mass is 484 g/mol. The second-order valence-electron chi connectivity index (χ2n) is 6.52. The van der Waals surface area contributed by atoms with Crippen molar-refractivity contribution < 1.29 is 17.9 Å². The van der Waals surface area contributed by atoms with E-state index in [9.17, 15) is 18.4 Å². The molecule has 11 heteroatoms. The zero-order valence-corrected chi connectivity index (χ0v) is 17.5. The smallest absolute Gasteiger partial charge is 0.422 e. The van der Waals surface area contributed by atoms with Crippen molar-refractivity contribution in [2.24, 2.45) is 5.73 Å². The molecule has 1 aliphatic heterocycles. The summed E-state index contributed by atoms with van der Waals surface area (Å²) in [7, 11) is 0. The van der Waals surface area contributed by atoms with Crippen LogP contribution in [0.25, 0.3) is 5.69 Å². The largest absolute Gasteiger partial charge is 0.435 e. The van der Waals surface area contributed by atoms with Crippen molar-refractivity contribution in [1.29, 1.82) is 5.26 Å². The standard InChI is InChI=1S/C20H10Cl3F3N4O/c21-9-6-12(22)15(13(23)7-9)14-11(8-27)18(28)31-19-16(14)17(20(24,25)26)29-30(19)10-4-2-1-3-5-10/h1-7,14H,28H2/t14-/m0/s1. The van der Waals surface area contributed by atoms with E-state index >= 15 is 0 Å². The molecule has 0 amide bonds. The molecule has 1 aromatic heterocycles. The summed E-state index contributed by atoms with van der Waals surface area (Å²) in [4.78, 5) is 0. The number of nitrogens with two attached hydrogens (primary N) is 1. The van der Waals surface area contributed by atoms with Crippen LogP contribution in [0, 0.1) is 11.3 Å². The van der Waals surface area contributed by atoms with Crippen LogP contribution in [0.15, 0.2) is 53.9 Å². The lowest BCUT2D eigenvalue weighted by atomic mass is 9.83. The van der Waals surface area contributed by atoms with Gasteiger partial charge in [0.05, 0.1) is 17.2 Å². The van der Waals surface area contributed by atoms with Gasteiger partial charge in [-0.15, -0.1) is 0 Å². The molecule has 5 nitrogen and oxygen atoms in total. The van der Waals surface area contributed by atoms with Gasteiger partial charge >= 0.3 is 6.18 Å². The van der Waals surface area contributed by atoms with Gasteiger partial charge in [0.25, 0.3) is 0 Å². The predicted molar refractivity (Wildman–Crippen MR) is 109 cm³/mol. The lowest BCUT2D eigenvalue weighted by Gasteiger charge is -2.26. The Morgan fingerprint density at radius 2 is 1.68 bits per heavy atom. The third-order valence-electron chi connectivity index (χ3n) is 4.65. The Hall–Kier alpha value is -2.86. The average Bonchev–Trinajstić information content (AvgIpc) is 3.07. The van der Waals surface area contributed by atoms with E-state index in [0.29, 0.717) is 5.69 Å². The molecule has 31 heavy (non-hydrogen) atoms. The molecule has 0 saturated carbocycles. The first-order valence-electron chi connectivity index (χ1n) is 8.61. The number of benzene rings is 2. The van der Waals surface area contributed by atoms with Gasteiger partial charge in [0, 0.05) is 20.6 Å². The van der Waals surface area contributed by atoms with Crippen molar-refractivity contribution in [1.82, 2.24) is 9.78 Å². The van der Waals surface area contributed by atoms with Crippen molar-refractivity contribution in [3.8, 4) is 17.6 Å². The molecule has 0 bridgehead atoms. The normalized spacial score (nSPS) is 16.0. The van der Waals surface area contributed by atoms with Crippen LogP contribution < -0.4 is 10.5 Å². The molecular weight excluding hydrogens is 476 g/mol. The highest BCUT2D eigenvalue weighted by atomic mass is 35.5. The van der Waals surface area contributed by atoms with Crippen molar-refractivity contribution in [2.75, 3.05) is 0 Å². The molecule has 2 N–H and O–H groups in total. The number of allylic oxidation sites excluding steroid dienone is 1. The van der Waals surface area contributed by atoms with Gasteiger partial charge < -0.3 is 10.5 Å². The number of hydrogen-bond donors (Lipinski definition) is 1. The zero-order chi connectivity index (χ0) is 22.5. The van der Waals surface area contributed by atoms with Crippen LogP contribution in [-0.4, -0.2) is 9.78 Å². The fourth-order valence-corrected chi connectivity index (χ4v) is 4.45. The zero-order valence-electron chi connectivity index (χ0n) is 15.2. The van der Waals surface area contributed by atoms with Gasteiger partial charge in [-0.3, -0.25) is 0 Å². The third-order valence-corrected chi connectivity index (χ3v) is 5.49. The molecule has 0 saturated heterocycles. The summed E-state index contributed by atoms with van der Waals surface area (Å²) in [5.74, 6) is -2.05. The minimum Gasteiger partial charge on any atom is -0.422 e. The van der Waals surface area contributed by atoms with Crippen LogP contribution in [0.4, 0.5) is 13.2 Å². The van der Waals surface area contributed by atoms with Crippen LogP contribution in [0.3, 0.4) is 0 Å². The Morgan fingerprint density at radius 3 is 2.23 bits per heavy atom. The van der Waals surface area contributed by atoms with Crippen LogP contribution in [-0.2, 0) is 6.18 Å². The molecule has 0 fully saturated rings. The number of hydrogen-bond acceptors (Lipinski definition) is 4. The summed E-state index contributed by atoms with van der Waals surface area (Å²) >= 11 is 18.6. The van der Waals surface area contributed by atoms with E-state index < -0.39 is 23.4 Å². The second kappa shape index (κ2) is 7.68. The number of nitrogens with zero attached hydrogens (tertiary/aromatic N) is 3. The van der Waals surface area contributed by atoms with Crippen molar-refractivity contribution in [2.45, 2.75) is 12.1 Å². The summed E-state index contributed by atoms with van der Waals surface area (Å²) < 4.78 is 48.6. The summed E-state index contributed by atoms with van der Waals surface area (Å²) in [6.07, 6.45) is -4.87. The number of halogens is 6. The number of fused-ring (bicyclic) bond motifs is 1. The SMILES string of the molecule is N#CC1=C(N)Oc2c(c(C(F)(F)F)nn2-c2ccccc2)[C@@H]1c1c(Cl)cc(Cl)cc1Cl. The van der Waals surface area contributed by atoms with Gasteiger partial charge in [-0.05, 0) is 24.3 Å². The quantitative estimate of drug-likeness (QED) is 0.478. The Kier molecular flexibility index (Phi) is 5.30. The van der Waals surface area contributed by atoms with E-state index in [-0.39, 0.29) is 38.0 Å². The molecule has 2 aromatic carbocycles. The molecule has 0 unspecified atom stereocenters. The molecule has 2 heterocycles. The minimum atomic E-state index is -4.87. The predicted octanol–water partition coefficient (Wildman–Crippen LogP) is 6.07. The van der Waals surface area contributed by atoms with Crippen LogP contribution >= 0.6 is 34.8 Å². The number of nitriles is 1. The first kappa shape index (κ1) is 21.4. The molecular formula is C20H10Cl3F3N4O. The van der Waals surface area contributed by atoms with Crippen molar-refractivity contribution >= 4 is 34.8 Å². The molecule has 1 aliphatic rings. The van der Waals surface area contributed by atoms with Crippen LogP contribution in [0.2, 0.25) is 15.1 Å². The Bertz CT molecular complexity index is 1240. The molecule has 0 radical (unpaired) electrons. The number of alkyl halides is 3. The summed E-state index contributed by atoms with van der Waals surface area (Å²) in [5.41, 5.74) is 4.31. The maximum absolute atomic E-state index is 14.0. The van der Waals surface area contributed by atoms with Gasteiger partial charge in [0.15, 0.2) is 5.69 Å². The first-order valence-corrected chi connectivity index (χ1v) is 9.74. The summed E-state index contributed by atoms with van der Waals surface area (Å²) in [5, 5.41) is 13.6. The molecule has 1 atom stereocenters. The fraction of sp³-hybridized carbons (Fsp3) is 0.100. The maximum atomic E-state index is 14.0. The van der Waals surface area contributed by atoms with Gasteiger partial charge in [0.2, 0.25) is 11.8 Å². The van der Waals surface area contributed by atoms with E-state index in [2.05, 4.69) is 5.10 Å². The Balaban J connectivity index is 2.10. The van der Waals surface area contributed by atoms with Crippen molar-refractivity contribution in [3.63, 3.8) is 0 Å². The Labute approximate surface area is 189 Å². The Morgan fingerprint density at radius 1 is 1.06 bits per heavy atom. The van der Waals surface area contributed by atoms with E-state index in [1.54, 1.807) is 30.3 Å². The first-order chi connectivity index (χ1) is 14.6. The van der Waals surface area contributed by atoms with Gasteiger partial charge in [-0.25, -0.2) is 0 Å². The summed E-state index contributed by atoms with van der Waals surface area (Å²) in [6, 6.07) is 12.5. The minimum absolute atomic E-state index is 0.0310. The lowest BCUT2D eigenvalue weighted by Crippen LogP contribution is -2.23. The van der Waals surface area contributed by atoms with E-state index in [1.165, 1.54) is 12.1 Å². The molecule has 0 spiro atoms. The number of aromatic nitrogens is 2. The number of rotatable bonds is 2. The summed E-state index contributed by atoms with van der Waals surface area (Å²) in [6.45, 7) is 0. The molecule has 0 aliphatic carbocycles. The van der Waals surface area contributed by atoms with Gasteiger partial charge in [0.1, 0.15) is 11.6 Å². The van der Waals surface area contributed by atoms with E-state index in [0.717, 1.165) is 4.68 Å². The topological polar surface area (TPSA) is 76.9 Å². The highest BCUT2D eigenvalue weighted by Crippen LogP contribution is 2.51. The number of para-hydroxylation sites is 1.